The molecule has 2 aromatic carbocycles. The van der Waals surface area contributed by atoms with E-state index in [1.165, 1.54) is 47.7 Å². The zero-order valence-corrected chi connectivity index (χ0v) is 16.5. The van der Waals surface area contributed by atoms with Crippen molar-refractivity contribution in [2.45, 2.75) is 0 Å². The predicted octanol–water partition coefficient (Wildman–Crippen LogP) is 4.28. The third-order valence-electron chi connectivity index (χ3n) is 3.89. The van der Waals surface area contributed by atoms with E-state index >= 15 is 0 Å². The average Bonchev–Trinajstić information content (AvgIpc) is 2.70. The fourth-order valence-electron chi connectivity index (χ4n) is 2.49. The van der Waals surface area contributed by atoms with Gasteiger partial charge in [0.05, 0.1) is 46.1 Å². The second-order valence-electron chi connectivity index (χ2n) is 5.33. The summed E-state index contributed by atoms with van der Waals surface area (Å²) in [6, 6.07) is 6.49. The molecule has 0 spiro atoms. The van der Waals surface area contributed by atoms with Crippen molar-refractivity contribution in [1.29, 1.82) is 0 Å². The minimum Gasteiger partial charge on any atom is -0.496 e. The summed E-state index contributed by atoms with van der Waals surface area (Å²) in [6.07, 6.45) is 3.03. The highest BCUT2D eigenvalue weighted by molar-refractivity contribution is 6.32. The molecule has 144 valence electrons. The second kappa shape index (κ2) is 9.19. The number of ketones is 1. The Bertz CT molecular complexity index is 860. The van der Waals surface area contributed by atoms with Crippen LogP contribution < -0.4 is 23.7 Å². The summed E-state index contributed by atoms with van der Waals surface area (Å²) in [5.74, 6) is 2.10. The molecule has 0 heterocycles. The molecule has 0 aromatic heterocycles. The van der Waals surface area contributed by atoms with Crippen LogP contribution in [0.3, 0.4) is 0 Å². The Kier molecular flexibility index (Phi) is 6.96. The van der Waals surface area contributed by atoms with Crippen LogP contribution in [-0.2, 0) is 0 Å². The molecular formula is C20H21ClO6. The van der Waals surface area contributed by atoms with Crippen LogP contribution in [-0.4, -0.2) is 41.3 Å². The quantitative estimate of drug-likeness (QED) is 0.493. The number of carbonyl (C=O) groups is 1. The maximum atomic E-state index is 12.7. The zero-order valence-electron chi connectivity index (χ0n) is 15.8. The molecule has 7 heteroatoms. The van der Waals surface area contributed by atoms with Gasteiger partial charge in [0, 0.05) is 17.7 Å². The van der Waals surface area contributed by atoms with E-state index in [1.54, 1.807) is 24.3 Å². The number of hydrogen-bond acceptors (Lipinski definition) is 6. The molecule has 0 bridgehead atoms. The lowest BCUT2D eigenvalue weighted by molar-refractivity contribution is 0.104. The van der Waals surface area contributed by atoms with Crippen LogP contribution in [0.15, 0.2) is 30.3 Å². The van der Waals surface area contributed by atoms with Crippen LogP contribution in [0, 0.1) is 0 Å². The maximum Gasteiger partial charge on any atom is 0.189 e. The lowest BCUT2D eigenvalue weighted by atomic mass is 10.1. The lowest BCUT2D eigenvalue weighted by Gasteiger charge is -2.12. The third-order valence-corrected chi connectivity index (χ3v) is 4.18. The monoisotopic (exact) mass is 392 g/mol. The Balaban J connectivity index is 2.41. The van der Waals surface area contributed by atoms with E-state index < -0.39 is 0 Å². The summed E-state index contributed by atoms with van der Waals surface area (Å²) in [5, 5.41) is 0.318. The summed E-state index contributed by atoms with van der Waals surface area (Å²) in [4.78, 5) is 12.7. The van der Waals surface area contributed by atoms with E-state index in [4.69, 9.17) is 35.3 Å². The topological polar surface area (TPSA) is 63.2 Å². The second-order valence-corrected chi connectivity index (χ2v) is 5.74. The van der Waals surface area contributed by atoms with Crippen molar-refractivity contribution in [3.8, 4) is 28.7 Å². The smallest absolute Gasteiger partial charge is 0.189 e. The van der Waals surface area contributed by atoms with Gasteiger partial charge in [0.1, 0.15) is 17.2 Å². The van der Waals surface area contributed by atoms with Gasteiger partial charge in [-0.2, -0.15) is 0 Å². The molecule has 0 fully saturated rings. The van der Waals surface area contributed by atoms with E-state index in [9.17, 15) is 4.79 Å². The molecule has 6 nitrogen and oxygen atoms in total. The number of hydrogen-bond donors (Lipinski definition) is 0. The zero-order chi connectivity index (χ0) is 20.0. The highest BCUT2D eigenvalue weighted by Crippen LogP contribution is 2.36. The number of benzene rings is 2. The molecule has 2 aromatic rings. The molecule has 0 radical (unpaired) electrons. The molecule has 0 saturated heterocycles. The van der Waals surface area contributed by atoms with Gasteiger partial charge in [-0.05, 0) is 24.3 Å². The predicted molar refractivity (Wildman–Crippen MR) is 104 cm³/mol. The van der Waals surface area contributed by atoms with Crippen LogP contribution in [0.25, 0.3) is 6.08 Å². The van der Waals surface area contributed by atoms with E-state index in [-0.39, 0.29) is 5.78 Å². The summed E-state index contributed by atoms with van der Waals surface area (Å²) in [5.41, 5.74) is 0.973. The molecule has 0 unspecified atom stereocenters. The molecule has 0 saturated carbocycles. The third kappa shape index (κ3) is 4.46. The fourth-order valence-corrected chi connectivity index (χ4v) is 2.73. The summed E-state index contributed by atoms with van der Waals surface area (Å²) in [7, 11) is 7.57. The van der Waals surface area contributed by atoms with E-state index in [0.717, 1.165) is 0 Å². The molecule has 0 aliphatic rings. The normalized spacial score (nSPS) is 10.6. The summed E-state index contributed by atoms with van der Waals surface area (Å²) in [6.45, 7) is 0. The largest absolute Gasteiger partial charge is 0.496 e. The standard InChI is InChI=1S/C20H21ClO6/c1-23-16-10-20(27-5)19(26-4)8-12(16)6-7-15(22)13-9-14(21)18(25-3)11-17(13)24-2/h6-11H,1-5H3/b7-6+. The molecule has 27 heavy (non-hydrogen) atoms. The summed E-state index contributed by atoms with van der Waals surface area (Å²) >= 11 is 6.13. The van der Waals surface area contributed by atoms with Gasteiger partial charge in [0.15, 0.2) is 17.3 Å². The molecule has 0 amide bonds. The van der Waals surface area contributed by atoms with Crippen molar-refractivity contribution < 1.29 is 28.5 Å². The van der Waals surface area contributed by atoms with Gasteiger partial charge in [0.25, 0.3) is 0 Å². The van der Waals surface area contributed by atoms with Gasteiger partial charge in [-0.15, -0.1) is 0 Å². The average molecular weight is 393 g/mol. The Morgan fingerprint density at radius 3 is 1.81 bits per heavy atom. The Morgan fingerprint density at radius 2 is 1.26 bits per heavy atom. The first-order chi connectivity index (χ1) is 13.0. The van der Waals surface area contributed by atoms with Gasteiger partial charge in [-0.3, -0.25) is 4.79 Å². The number of carbonyl (C=O) groups excluding carboxylic acids is 1. The Labute approximate surface area is 163 Å². The van der Waals surface area contributed by atoms with Crippen LogP contribution in [0.5, 0.6) is 28.7 Å². The van der Waals surface area contributed by atoms with Crippen molar-refractivity contribution in [3.05, 3.63) is 46.5 Å². The fraction of sp³-hybridized carbons (Fsp3) is 0.250. The number of ether oxygens (including phenoxy) is 5. The van der Waals surface area contributed by atoms with Gasteiger partial charge < -0.3 is 23.7 Å². The van der Waals surface area contributed by atoms with Crippen LogP contribution in [0.2, 0.25) is 5.02 Å². The first kappa shape index (κ1) is 20.5. The van der Waals surface area contributed by atoms with Crippen molar-refractivity contribution in [2.75, 3.05) is 35.5 Å². The van der Waals surface area contributed by atoms with Crippen molar-refractivity contribution in [1.82, 2.24) is 0 Å². The Hall–Kier alpha value is -2.86. The first-order valence-electron chi connectivity index (χ1n) is 7.93. The molecule has 0 N–H and O–H groups in total. The molecule has 0 aliphatic heterocycles. The number of methoxy groups -OCH3 is 5. The van der Waals surface area contributed by atoms with E-state index in [0.29, 0.717) is 44.9 Å². The highest BCUT2D eigenvalue weighted by atomic mass is 35.5. The molecule has 0 atom stereocenters. The van der Waals surface area contributed by atoms with Gasteiger partial charge in [-0.1, -0.05) is 11.6 Å². The number of halogens is 1. The first-order valence-corrected chi connectivity index (χ1v) is 8.30. The maximum absolute atomic E-state index is 12.7. The van der Waals surface area contributed by atoms with Crippen LogP contribution in [0.1, 0.15) is 15.9 Å². The van der Waals surface area contributed by atoms with Gasteiger partial charge in [0.2, 0.25) is 0 Å². The summed E-state index contributed by atoms with van der Waals surface area (Å²) < 4.78 is 26.3. The van der Waals surface area contributed by atoms with Gasteiger partial charge in [-0.25, -0.2) is 0 Å². The van der Waals surface area contributed by atoms with E-state index in [1.807, 2.05) is 0 Å². The molecular weight excluding hydrogens is 372 g/mol. The van der Waals surface area contributed by atoms with Crippen molar-refractivity contribution >= 4 is 23.5 Å². The van der Waals surface area contributed by atoms with Crippen molar-refractivity contribution in [2.24, 2.45) is 0 Å². The highest BCUT2D eigenvalue weighted by Gasteiger charge is 2.15. The minimum absolute atomic E-state index is 0.284. The van der Waals surface area contributed by atoms with Crippen LogP contribution in [0.4, 0.5) is 0 Å². The SMILES string of the molecule is COc1cc(OC)c(C(=O)/C=C/c2cc(OC)c(OC)cc2OC)cc1Cl. The van der Waals surface area contributed by atoms with Crippen molar-refractivity contribution in [3.63, 3.8) is 0 Å². The minimum atomic E-state index is -0.284. The Morgan fingerprint density at radius 1 is 0.741 bits per heavy atom. The number of allylic oxidation sites excluding steroid dienone is 1. The number of rotatable bonds is 8. The van der Waals surface area contributed by atoms with E-state index in [2.05, 4.69) is 0 Å². The van der Waals surface area contributed by atoms with Crippen LogP contribution >= 0.6 is 11.6 Å². The van der Waals surface area contributed by atoms with Gasteiger partial charge >= 0.3 is 0 Å². The molecule has 2 rings (SSSR count). The lowest BCUT2D eigenvalue weighted by Crippen LogP contribution is -2.00. The molecule has 0 aliphatic carbocycles.